The Kier molecular flexibility index (Phi) is 6.06. The van der Waals surface area contributed by atoms with Gasteiger partial charge in [0.25, 0.3) is 5.91 Å². The summed E-state index contributed by atoms with van der Waals surface area (Å²) >= 11 is 6.21. The number of aromatic nitrogens is 3. The van der Waals surface area contributed by atoms with Crippen molar-refractivity contribution in [3.63, 3.8) is 0 Å². The molecule has 0 fully saturated rings. The first-order chi connectivity index (χ1) is 14.6. The summed E-state index contributed by atoms with van der Waals surface area (Å²) in [6.45, 7) is 5.31. The number of hydrogen-bond acceptors (Lipinski definition) is 7. The van der Waals surface area contributed by atoms with E-state index in [2.05, 4.69) is 10.3 Å². The van der Waals surface area contributed by atoms with Gasteiger partial charge in [0, 0.05) is 29.8 Å². The summed E-state index contributed by atoms with van der Waals surface area (Å²) in [5.74, 6) is -0.480. The van der Waals surface area contributed by atoms with Gasteiger partial charge in [-0.25, -0.2) is 0 Å². The smallest absolute Gasteiger partial charge is 0.271 e. The molecule has 0 aliphatic carbocycles. The van der Waals surface area contributed by atoms with E-state index in [0.29, 0.717) is 29.1 Å². The maximum Gasteiger partial charge on any atom is 0.271 e. The van der Waals surface area contributed by atoms with Gasteiger partial charge < -0.3 is 20.1 Å². The van der Waals surface area contributed by atoms with Crippen LogP contribution in [-0.4, -0.2) is 33.1 Å². The second kappa shape index (κ2) is 8.41. The molecule has 0 saturated carbocycles. The van der Waals surface area contributed by atoms with Crippen LogP contribution in [0.15, 0.2) is 28.9 Å². The van der Waals surface area contributed by atoms with Crippen LogP contribution in [0.3, 0.4) is 0 Å². The third kappa shape index (κ3) is 4.40. The molecule has 0 bridgehead atoms. The molecule has 10 heteroatoms. The van der Waals surface area contributed by atoms with Crippen LogP contribution in [0.5, 0.6) is 5.75 Å². The average molecular weight is 444 g/mol. The minimum atomic E-state index is -1.34. The topological polar surface area (TPSA) is 140 Å². The van der Waals surface area contributed by atoms with E-state index >= 15 is 0 Å². The number of ether oxygens (including phenoxy) is 1. The highest BCUT2D eigenvalue weighted by Crippen LogP contribution is 2.34. The Balaban J connectivity index is 1.93. The van der Waals surface area contributed by atoms with Crippen LogP contribution < -0.4 is 10.5 Å². The quantitative estimate of drug-likeness (QED) is 0.571. The van der Waals surface area contributed by atoms with E-state index < -0.39 is 11.5 Å². The second-order valence-corrected chi connectivity index (χ2v) is 8.08. The van der Waals surface area contributed by atoms with Gasteiger partial charge >= 0.3 is 0 Å². The van der Waals surface area contributed by atoms with Gasteiger partial charge in [0.05, 0.1) is 17.8 Å². The number of aliphatic hydroxyl groups is 1. The number of primary amides is 1. The minimum Gasteiger partial charge on any atom is -0.495 e. The van der Waals surface area contributed by atoms with Gasteiger partial charge in [0.15, 0.2) is 11.5 Å². The summed E-state index contributed by atoms with van der Waals surface area (Å²) in [6.07, 6.45) is 1.77. The van der Waals surface area contributed by atoms with Crippen LogP contribution in [0.4, 0.5) is 0 Å². The average Bonchev–Trinajstić information content (AvgIpc) is 3.34. The lowest BCUT2D eigenvalue weighted by molar-refractivity contribution is 0.0458. The molecular formula is C21H22ClN5O4. The van der Waals surface area contributed by atoms with E-state index in [9.17, 15) is 15.2 Å². The van der Waals surface area contributed by atoms with Gasteiger partial charge in [-0.2, -0.15) is 10.4 Å². The summed E-state index contributed by atoms with van der Waals surface area (Å²) in [4.78, 5) is 11.8. The number of nitriles is 1. The van der Waals surface area contributed by atoms with E-state index in [4.69, 9.17) is 26.6 Å². The third-order valence-corrected chi connectivity index (χ3v) is 5.09. The molecule has 1 aromatic carbocycles. The van der Waals surface area contributed by atoms with Crippen LogP contribution in [0, 0.1) is 11.3 Å². The molecule has 31 heavy (non-hydrogen) atoms. The molecular weight excluding hydrogens is 422 g/mol. The number of carbonyl (C=O) groups is 1. The highest BCUT2D eigenvalue weighted by molar-refractivity contribution is 6.32. The molecule has 1 atom stereocenters. The van der Waals surface area contributed by atoms with Crippen LogP contribution >= 0.6 is 11.6 Å². The van der Waals surface area contributed by atoms with Crippen LogP contribution in [0.2, 0.25) is 5.02 Å². The normalized spacial score (nSPS) is 12.4. The van der Waals surface area contributed by atoms with Crippen molar-refractivity contribution in [1.29, 1.82) is 5.26 Å². The van der Waals surface area contributed by atoms with Crippen molar-refractivity contribution >= 4 is 17.5 Å². The molecule has 0 spiro atoms. The molecule has 9 nitrogen and oxygen atoms in total. The number of nitrogens with zero attached hydrogens (tertiary/aromatic N) is 4. The van der Waals surface area contributed by atoms with E-state index in [-0.39, 0.29) is 28.0 Å². The van der Waals surface area contributed by atoms with E-state index in [1.807, 2.05) is 13.0 Å². The van der Waals surface area contributed by atoms with Crippen molar-refractivity contribution < 1.29 is 19.2 Å². The number of benzene rings is 1. The first-order valence-electron chi connectivity index (χ1n) is 9.40. The Bertz CT molecular complexity index is 1170. The molecule has 0 radical (unpaired) electrons. The highest BCUT2D eigenvalue weighted by atomic mass is 35.5. The Morgan fingerprint density at radius 1 is 1.48 bits per heavy atom. The summed E-state index contributed by atoms with van der Waals surface area (Å²) < 4.78 is 12.2. The predicted octanol–water partition coefficient (Wildman–Crippen LogP) is 3.20. The number of carbonyl (C=O) groups excluding carboxylic acids is 1. The molecule has 1 amide bonds. The summed E-state index contributed by atoms with van der Waals surface area (Å²) in [5, 5.41) is 28.2. The number of rotatable bonds is 7. The monoisotopic (exact) mass is 443 g/mol. The standard InChI is InChI=1S/C21H22ClN5O4/c1-11(17-18(20(24)28)26-31-19(17)21(2,3)29)10-27-6-5-15(25-27)12-7-14(22)13(9-23)16(8-12)30-4/h5-8,11,29H,10H2,1-4H3,(H2,24,28). The largest absolute Gasteiger partial charge is 0.495 e. The van der Waals surface area contributed by atoms with Gasteiger partial charge in [-0.1, -0.05) is 23.7 Å². The predicted molar refractivity (Wildman–Crippen MR) is 113 cm³/mol. The Labute approximate surface area is 184 Å². The molecule has 1 unspecified atom stereocenters. The minimum absolute atomic E-state index is 0.0133. The number of methoxy groups -OCH3 is 1. The fourth-order valence-electron chi connectivity index (χ4n) is 3.36. The first-order valence-corrected chi connectivity index (χ1v) is 9.78. The van der Waals surface area contributed by atoms with Crippen molar-refractivity contribution in [3.8, 4) is 23.1 Å². The van der Waals surface area contributed by atoms with Gasteiger partial charge in [-0.05, 0) is 32.0 Å². The second-order valence-electron chi connectivity index (χ2n) is 7.67. The summed E-state index contributed by atoms with van der Waals surface area (Å²) in [5.41, 5.74) is 6.10. The molecule has 2 heterocycles. The fourth-order valence-corrected chi connectivity index (χ4v) is 3.61. The van der Waals surface area contributed by atoms with Crippen molar-refractivity contribution in [2.75, 3.05) is 7.11 Å². The molecule has 3 aromatic rings. The van der Waals surface area contributed by atoms with Gasteiger partial charge in [0.2, 0.25) is 0 Å². The van der Waals surface area contributed by atoms with Crippen molar-refractivity contribution in [2.45, 2.75) is 38.8 Å². The number of hydrogen-bond donors (Lipinski definition) is 2. The SMILES string of the molecule is COc1cc(-c2ccn(CC(C)c3c(C(N)=O)noc3C(C)(C)O)n2)cc(Cl)c1C#N. The van der Waals surface area contributed by atoms with Crippen LogP contribution in [0.25, 0.3) is 11.3 Å². The number of amides is 1. The Hall–Kier alpha value is -3.35. The van der Waals surface area contributed by atoms with Gasteiger partial charge in [-0.15, -0.1) is 0 Å². The zero-order valence-corrected chi connectivity index (χ0v) is 18.3. The fraction of sp³-hybridized carbons (Fsp3) is 0.333. The van der Waals surface area contributed by atoms with E-state index in [0.717, 1.165) is 0 Å². The van der Waals surface area contributed by atoms with Crippen LogP contribution in [-0.2, 0) is 12.1 Å². The Morgan fingerprint density at radius 2 is 2.19 bits per heavy atom. The van der Waals surface area contributed by atoms with E-state index in [1.54, 1.807) is 42.9 Å². The zero-order valence-electron chi connectivity index (χ0n) is 17.5. The van der Waals surface area contributed by atoms with Crippen molar-refractivity contribution in [3.05, 3.63) is 52.0 Å². The lowest BCUT2D eigenvalue weighted by Crippen LogP contribution is -2.22. The van der Waals surface area contributed by atoms with Gasteiger partial charge in [0.1, 0.15) is 23.0 Å². The molecule has 3 N–H and O–H groups in total. The molecule has 162 valence electrons. The molecule has 3 rings (SSSR count). The zero-order chi connectivity index (χ0) is 22.9. The molecule has 0 saturated heterocycles. The van der Waals surface area contributed by atoms with E-state index in [1.165, 1.54) is 7.11 Å². The molecule has 0 aliphatic heterocycles. The first kappa shape index (κ1) is 22.3. The lowest BCUT2D eigenvalue weighted by atomic mass is 9.92. The van der Waals surface area contributed by atoms with Crippen molar-refractivity contribution in [1.82, 2.24) is 14.9 Å². The maximum absolute atomic E-state index is 11.8. The van der Waals surface area contributed by atoms with Gasteiger partial charge in [-0.3, -0.25) is 9.48 Å². The number of nitrogens with two attached hydrogens (primary N) is 1. The summed E-state index contributed by atoms with van der Waals surface area (Å²) in [6, 6.07) is 7.15. The molecule has 0 aliphatic rings. The lowest BCUT2D eigenvalue weighted by Gasteiger charge is -2.19. The Morgan fingerprint density at radius 3 is 2.77 bits per heavy atom. The highest BCUT2D eigenvalue weighted by Gasteiger charge is 2.33. The van der Waals surface area contributed by atoms with Crippen molar-refractivity contribution in [2.24, 2.45) is 5.73 Å². The third-order valence-electron chi connectivity index (χ3n) is 4.79. The number of halogens is 1. The van der Waals surface area contributed by atoms with Crippen LogP contribution in [0.1, 0.15) is 54.1 Å². The molecule has 2 aromatic heterocycles. The summed E-state index contributed by atoms with van der Waals surface area (Å²) in [7, 11) is 1.46. The maximum atomic E-state index is 11.8.